The minimum Gasteiger partial charge on any atom is -0.333 e. The van der Waals surface area contributed by atoms with Crippen LogP contribution in [-0.2, 0) is 4.79 Å². The van der Waals surface area contributed by atoms with Gasteiger partial charge in [0.1, 0.15) is 5.01 Å². The molecule has 0 spiro atoms. The van der Waals surface area contributed by atoms with Crippen molar-refractivity contribution < 1.29 is 4.79 Å². The third-order valence-corrected chi connectivity index (χ3v) is 6.33. The van der Waals surface area contributed by atoms with Crippen molar-refractivity contribution in [1.29, 1.82) is 0 Å². The van der Waals surface area contributed by atoms with Crippen molar-refractivity contribution in [2.45, 2.75) is 38.1 Å². The van der Waals surface area contributed by atoms with E-state index in [-0.39, 0.29) is 6.04 Å². The summed E-state index contributed by atoms with van der Waals surface area (Å²) in [6.07, 6.45) is 7.93. The molecule has 0 aliphatic carbocycles. The lowest BCUT2D eigenvalue weighted by Gasteiger charge is -2.34. The summed E-state index contributed by atoms with van der Waals surface area (Å²) in [5.74, 6) is 1.99. The Labute approximate surface area is 141 Å². The standard InChI is InChI=1S/C16H25N3OS2/c20-15(13-21-12-10-18-7-3-4-8-18)19-9-2-1-5-14(19)16-17-6-11-22-16/h6,11,14H,1-5,7-10,12-13H2. The lowest BCUT2D eigenvalue weighted by molar-refractivity contribution is -0.132. The van der Waals surface area contributed by atoms with E-state index in [1.54, 1.807) is 23.1 Å². The van der Waals surface area contributed by atoms with E-state index in [0.717, 1.165) is 36.7 Å². The van der Waals surface area contributed by atoms with E-state index in [4.69, 9.17) is 0 Å². The van der Waals surface area contributed by atoms with Crippen molar-refractivity contribution in [3.05, 3.63) is 16.6 Å². The molecule has 1 amide bonds. The maximum Gasteiger partial charge on any atom is 0.233 e. The fraction of sp³-hybridized carbons (Fsp3) is 0.750. The molecule has 2 aliphatic rings. The summed E-state index contributed by atoms with van der Waals surface area (Å²) in [5.41, 5.74) is 0. The molecular formula is C16H25N3OS2. The fourth-order valence-corrected chi connectivity index (χ4v) is 4.99. The molecule has 0 aromatic carbocycles. The summed E-state index contributed by atoms with van der Waals surface area (Å²) in [6, 6.07) is 0.223. The van der Waals surface area contributed by atoms with Gasteiger partial charge in [-0.2, -0.15) is 11.8 Å². The lowest BCUT2D eigenvalue weighted by Crippen LogP contribution is -2.39. The zero-order valence-corrected chi connectivity index (χ0v) is 14.7. The minimum atomic E-state index is 0.223. The van der Waals surface area contributed by atoms with Crippen LogP contribution in [0.1, 0.15) is 43.2 Å². The Morgan fingerprint density at radius 2 is 2.09 bits per heavy atom. The third kappa shape index (κ3) is 4.24. The van der Waals surface area contributed by atoms with Crippen LogP contribution in [0.3, 0.4) is 0 Å². The smallest absolute Gasteiger partial charge is 0.233 e. The number of carbonyl (C=O) groups excluding carboxylic acids is 1. The average molecular weight is 340 g/mol. The van der Waals surface area contributed by atoms with Gasteiger partial charge >= 0.3 is 0 Å². The van der Waals surface area contributed by atoms with Crippen molar-refractivity contribution in [3.63, 3.8) is 0 Å². The molecule has 2 aliphatic heterocycles. The van der Waals surface area contributed by atoms with Crippen LogP contribution < -0.4 is 0 Å². The first-order valence-electron chi connectivity index (χ1n) is 8.33. The highest BCUT2D eigenvalue weighted by Crippen LogP contribution is 2.32. The number of hydrogen-bond donors (Lipinski definition) is 0. The first kappa shape index (κ1) is 16.3. The molecule has 4 nitrogen and oxygen atoms in total. The van der Waals surface area contributed by atoms with Crippen molar-refractivity contribution >= 4 is 29.0 Å². The third-order valence-electron chi connectivity index (χ3n) is 4.54. The molecule has 1 aromatic heterocycles. The largest absolute Gasteiger partial charge is 0.333 e. The molecule has 1 aromatic rings. The van der Waals surface area contributed by atoms with Gasteiger partial charge in [0.2, 0.25) is 5.91 Å². The van der Waals surface area contributed by atoms with Gasteiger partial charge in [0, 0.05) is 30.4 Å². The van der Waals surface area contributed by atoms with Gasteiger partial charge in [-0.15, -0.1) is 11.3 Å². The molecule has 2 fully saturated rings. The highest BCUT2D eigenvalue weighted by molar-refractivity contribution is 7.99. The quantitative estimate of drug-likeness (QED) is 0.747. The highest BCUT2D eigenvalue weighted by atomic mass is 32.2. The summed E-state index contributed by atoms with van der Waals surface area (Å²) in [4.78, 5) is 21.6. The normalized spacial score (nSPS) is 23.1. The Hall–Kier alpha value is -0.590. The van der Waals surface area contributed by atoms with Crippen LogP contribution in [0, 0.1) is 0 Å². The monoisotopic (exact) mass is 339 g/mol. The number of thioether (sulfide) groups is 1. The average Bonchev–Trinajstić information content (AvgIpc) is 3.24. The highest BCUT2D eigenvalue weighted by Gasteiger charge is 2.29. The van der Waals surface area contributed by atoms with Crippen molar-refractivity contribution in [1.82, 2.24) is 14.8 Å². The van der Waals surface area contributed by atoms with Crippen LogP contribution in [-0.4, -0.2) is 58.4 Å². The van der Waals surface area contributed by atoms with Crippen LogP contribution in [0.2, 0.25) is 0 Å². The molecule has 0 saturated carbocycles. The number of thiazole rings is 1. The van der Waals surface area contributed by atoms with E-state index in [9.17, 15) is 4.79 Å². The molecular weight excluding hydrogens is 314 g/mol. The molecule has 0 radical (unpaired) electrons. The van der Waals surface area contributed by atoms with Crippen LogP contribution >= 0.6 is 23.1 Å². The maximum atomic E-state index is 12.6. The molecule has 22 heavy (non-hydrogen) atoms. The van der Waals surface area contributed by atoms with Gasteiger partial charge in [-0.3, -0.25) is 4.79 Å². The maximum absolute atomic E-state index is 12.6. The molecule has 1 atom stereocenters. The second-order valence-corrected chi connectivity index (χ2v) is 8.10. The second-order valence-electron chi connectivity index (χ2n) is 6.07. The van der Waals surface area contributed by atoms with Gasteiger partial charge in [-0.1, -0.05) is 0 Å². The number of aromatic nitrogens is 1. The van der Waals surface area contributed by atoms with Gasteiger partial charge < -0.3 is 9.80 Å². The summed E-state index contributed by atoms with van der Waals surface area (Å²) >= 11 is 3.47. The summed E-state index contributed by atoms with van der Waals surface area (Å²) in [6.45, 7) is 4.52. The molecule has 0 bridgehead atoms. The molecule has 1 unspecified atom stereocenters. The number of rotatable bonds is 6. The van der Waals surface area contributed by atoms with Crippen molar-refractivity contribution in [3.8, 4) is 0 Å². The fourth-order valence-electron chi connectivity index (χ4n) is 3.33. The molecule has 3 rings (SSSR count). The van der Waals surface area contributed by atoms with Crippen LogP contribution in [0.15, 0.2) is 11.6 Å². The predicted octanol–water partition coefficient (Wildman–Crippen LogP) is 3.03. The summed E-state index contributed by atoms with van der Waals surface area (Å²) < 4.78 is 0. The van der Waals surface area contributed by atoms with E-state index >= 15 is 0 Å². The summed E-state index contributed by atoms with van der Waals surface area (Å²) in [7, 11) is 0. The van der Waals surface area contributed by atoms with Gasteiger partial charge in [0.05, 0.1) is 11.8 Å². The molecule has 3 heterocycles. The van der Waals surface area contributed by atoms with Crippen molar-refractivity contribution in [2.24, 2.45) is 0 Å². The Morgan fingerprint density at radius 3 is 2.86 bits per heavy atom. The number of likely N-dealkylation sites (tertiary alicyclic amines) is 2. The van der Waals surface area contributed by atoms with E-state index < -0.39 is 0 Å². The minimum absolute atomic E-state index is 0.223. The molecule has 2 saturated heterocycles. The SMILES string of the molecule is O=C(CSCCN1CCCC1)N1CCCCC1c1nccs1. The lowest BCUT2D eigenvalue weighted by atomic mass is 10.0. The van der Waals surface area contributed by atoms with E-state index in [0.29, 0.717) is 11.7 Å². The Kier molecular flexibility index (Phi) is 6.15. The van der Waals surface area contributed by atoms with Gasteiger partial charge in [0.25, 0.3) is 0 Å². The second kappa shape index (κ2) is 8.31. The van der Waals surface area contributed by atoms with Gasteiger partial charge in [-0.25, -0.2) is 4.98 Å². The molecule has 122 valence electrons. The van der Waals surface area contributed by atoms with E-state index in [1.807, 2.05) is 11.6 Å². The zero-order valence-electron chi connectivity index (χ0n) is 13.1. The van der Waals surface area contributed by atoms with Crippen LogP contribution in [0.4, 0.5) is 0 Å². The zero-order chi connectivity index (χ0) is 15.2. The van der Waals surface area contributed by atoms with Crippen molar-refractivity contribution in [2.75, 3.05) is 37.7 Å². The first-order valence-corrected chi connectivity index (χ1v) is 10.4. The summed E-state index contributed by atoms with van der Waals surface area (Å²) in [5, 5.41) is 3.12. The van der Waals surface area contributed by atoms with Gasteiger partial charge in [0.15, 0.2) is 0 Å². The topological polar surface area (TPSA) is 36.4 Å². The number of amides is 1. The number of nitrogens with zero attached hydrogens (tertiary/aromatic N) is 3. The molecule has 0 N–H and O–H groups in total. The van der Waals surface area contributed by atoms with Crippen LogP contribution in [0.25, 0.3) is 0 Å². The van der Waals surface area contributed by atoms with E-state index in [2.05, 4.69) is 14.8 Å². The number of hydrogen-bond acceptors (Lipinski definition) is 5. The number of piperidine rings is 1. The Bertz CT molecular complexity index is 460. The van der Waals surface area contributed by atoms with Crippen LogP contribution in [0.5, 0.6) is 0 Å². The van der Waals surface area contributed by atoms with Gasteiger partial charge in [-0.05, 0) is 45.2 Å². The number of carbonyl (C=O) groups is 1. The molecule has 6 heteroatoms. The predicted molar refractivity (Wildman–Crippen MR) is 93.4 cm³/mol. The van der Waals surface area contributed by atoms with E-state index in [1.165, 1.54) is 32.4 Å². The first-order chi connectivity index (χ1) is 10.8. The Morgan fingerprint density at radius 1 is 1.27 bits per heavy atom. The Balaban J connectivity index is 1.45.